The molecule has 4 N–H and O–H groups in total. The van der Waals surface area contributed by atoms with Crippen LogP contribution in [0.5, 0.6) is 0 Å². The van der Waals surface area contributed by atoms with Gasteiger partial charge in [0.25, 0.3) is 0 Å². The van der Waals surface area contributed by atoms with Gasteiger partial charge in [0.2, 0.25) is 5.79 Å². The van der Waals surface area contributed by atoms with Crippen molar-refractivity contribution in [1.29, 1.82) is 0 Å². The van der Waals surface area contributed by atoms with E-state index in [2.05, 4.69) is 38.9 Å². The molecule has 2 aromatic heterocycles. The fourth-order valence-corrected chi connectivity index (χ4v) is 7.00. The summed E-state index contributed by atoms with van der Waals surface area (Å²) in [7, 11) is 0. The lowest BCUT2D eigenvalue weighted by atomic mass is 9.68. The second-order valence-electron chi connectivity index (χ2n) is 9.60. The summed E-state index contributed by atoms with van der Waals surface area (Å²) in [6.45, 7) is 7.00. The summed E-state index contributed by atoms with van der Waals surface area (Å²) in [6.07, 6.45) is 8.39. The highest BCUT2D eigenvalue weighted by Gasteiger charge is 2.57. The van der Waals surface area contributed by atoms with Crippen LogP contribution in [0.25, 0.3) is 20.7 Å². The minimum absolute atomic E-state index is 0.359. The number of carboxylic acids is 1. The van der Waals surface area contributed by atoms with Crippen LogP contribution in [-0.2, 0) is 11.2 Å². The largest absolute Gasteiger partial charge is 0.481 e. The van der Waals surface area contributed by atoms with E-state index < -0.39 is 29.1 Å². The maximum atomic E-state index is 13.1. The lowest BCUT2D eigenvalue weighted by molar-refractivity contribution is -0.155. The van der Waals surface area contributed by atoms with Gasteiger partial charge in [0.15, 0.2) is 0 Å². The van der Waals surface area contributed by atoms with Gasteiger partial charge < -0.3 is 20.6 Å². The topological polar surface area (TPSA) is 132 Å². The number of hydrogen-bond donors (Lipinski definition) is 4. The number of rotatable bonds is 7. The first kappa shape index (κ1) is 26.3. The van der Waals surface area contributed by atoms with Crippen LogP contribution in [0.15, 0.2) is 41.1 Å². The van der Waals surface area contributed by atoms with Gasteiger partial charge in [-0.05, 0) is 51.4 Å². The van der Waals surface area contributed by atoms with Crippen molar-refractivity contribution in [3.8, 4) is 10.4 Å². The number of fused-ring (bicyclic) bond motifs is 1. The van der Waals surface area contributed by atoms with Crippen LogP contribution >= 0.6 is 22.7 Å². The van der Waals surface area contributed by atoms with E-state index in [1.807, 2.05) is 35.8 Å². The molecule has 38 heavy (non-hydrogen) atoms. The maximum Gasteiger partial charge on any atom is 0.318 e. The van der Waals surface area contributed by atoms with Crippen LogP contribution in [0.3, 0.4) is 0 Å². The molecule has 10 nitrogen and oxygen atoms in total. The fourth-order valence-electron chi connectivity index (χ4n) is 5.26. The number of anilines is 1. The van der Waals surface area contributed by atoms with E-state index in [0.717, 1.165) is 37.8 Å². The minimum atomic E-state index is -1.40. The smallest absolute Gasteiger partial charge is 0.318 e. The summed E-state index contributed by atoms with van der Waals surface area (Å²) in [6, 6.07) is 3.60. The number of nitrogens with one attached hydrogen (secondary N) is 3. The number of aliphatic carboxylic acids is 1. The molecular weight excluding hydrogens is 522 g/mol. The first-order valence-electron chi connectivity index (χ1n) is 12.7. The molecule has 12 heteroatoms. The minimum Gasteiger partial charge on any atom is -0.481 e. The predicted octanol–water partition coefficient (Wildman–Crippen LogP) is 4.06. The number of thiazole rings is 2. The molecule has 1 aromatic carbocycles. The van der Waals surface area contributed by atoms with Gasteiger partial charge in [0, 0.05) is 43.0 Å². The van der Waals surface area contributed by atoms with Crippen molar-refractivity contribution in [3.63, 3.8) is 0 Å². The molecule has 3 unspecified atom stereocenters. The summed E-state index contributed by atoms with van der Waals surface area (Å²) in [5.41, 5.74) is 3.22. The van der Waals surface area contributed by atoms with E-state index in [1.165, 1.54) is 0 Å². The Bertz CT molecular complexity index is 1420. The number of nitrogens with zero attached hydrogens (tertiary/aromatic N) is 4. The number of allylic oxidation sites excluding steroid dienone is 1. The zero-order valence-electron chi connectivity index (χ0n) is 21.5. The van der Waals surface area contributed by atoms with Crippen LogP contribution in [0, 0.1) is 11.3 Å². The van der Waals surface area contributed by atoms with Gasteiger partial charge in [-0.1, -0.05) is 6.92 Å². The van der Waals surface area contributed by atoms with Gasteiger partial charge in [0.1, 0.15) is 0 Å². The SMILES string of the molecule is CCNC(=O)NC1(C2CNCCC2(C)C(=O)O)N=CC=CN1c1cc(-c2cnc(CC)s2)c2scnc2c1. The predicted molar refractivity (Wildman–Crippen MR) is 152 cm³/mol. The molecule has 1 saturated heterocycles. The first-order chi connectivity index (χ1) is 18.3. The normalized spacial score (nSPS) is 25.0. The van der Waals surface area contributed by atoms with Crippen LogP contribution < -0.4 is 20.9 Å². The number of carboxylic acid groups (broad SMARTS) is 1. The Morgan fingerprint density at radius 3 is 2.87 bits per heavy atom. The van der Waals surface area contributed by atoms with E-state index >= 15 is 0 Å². The molecule has 2 aliphatic rings. The third kappa shape index (κ3) is 4.46. The molecule has 0 radical (unpaired) electrons. The molecule has 3 aromatic rings. The Morgan fingerprint density at radius 2 is 2.13 bits per heavy atom. The summed E-state index contributed by atoms with van der Waals surface area (Å²) >= 11 is 3.21. The number of urea groups is 1. The van der Waals surface area contributed by atoms with Crippen LogP contribution in [0.1, 0.15) is 32.2 Å². The number of aliphatic imine (C=N–C) groups is 1. The molecular formula is C26H31N7O3S2. The summed E-state index contributed by atoms with van der Waals surface area (Å²) in [5.74, 6) is -2.93. The number of aromatic nitrogens is 2. The quantitative estimate of drug-likeness (QED) is 0.347. The van der Waals surface area contributed by atoms with Crippen molar-refractivity contribution >= 4 is 56.8 Å². The molecule has 0 bridgehead atoms. The number of amides is 2. The number of carbonyl (C=O) groups excluding carboxylic acids is 1. The van der Waals surface area contributed by atoms with E-state index in [0.29, 0.717) is 26.1 Å². The summed E-state index contributed by atoms with van der Waals surface area (Å²) in [4.78, 5) is 42.7. The van der Waals surface area contributed by atoms with Crippen LogP contribution in [0.4, 0.5) is 10.5 Å². The summed E-state index contributed by atoms with van der Waals surface area (Å²) < 4.78 is 1.04. The second kappa shape index (κ2) is 10.4. The molecule has 2 amide bonds. The second-order valence-corrected chi connectivity index (χ2v) is 11.6. The molecule has 0 spiro atoms. The number of piperidine rings is 1. The molecule has 5 rings (SSSR count). The van der Waals surface area contributed by atoms with Gasteiger partial charge in [-0.2, -0.15) is 0 Å². The summed E-state index contributed by atoms with van der Waals surface area (Å²) in [5, 5.41) is 20.6. The molecule has 4 heterocycles. The maximum absolute atomic E-state index is 13.1. The van der Waals surface area contributed by atoms with Crippen molar-refractivity contribution in [2.45, 2.75) is 39.4 Å². The molecule has 3 atom stereocenters. The van der Waals surface area contributed by atoms with Gasteiger partial charge in [0.05, 0.1) is 36.9 Å². The van der Waals surface area contributed by atoms with Crippen LogP contribution in [0.2, 0.25) is 0 Å². The van der Waals surface area contributed by atoms with Gasteiger partial charge in [-0.15, -0.1) is 22.7 Å². The number of hydrogen-bond acceptors (Lipinski definition) is 9. The Hall–Kier alpha value is -3.35. The molecule has 1 fully saturated rings. The Balaban J connectivity index is 1.70. The number of carbonyl (C=O) groups is 2. The average Bonchev–Trinajstić information content (AvgIpc) is 3.58. The third-order valence-electron chi connectivity index (χ3n) is 7.32. The lowest BCUT2D eigenvalue weighted by Gasteiger charge is -2.52. The molecule has 200 valence electrons. The fraction of sp³-hybridized carbons (Fsp3) is 0.423. The van der Waals surface area contributed by atoms with E-state index in [-0.39, 0.29) is 0 Å². The zero-order chi connectivity index (χ0) is 26.9. The van der Waals surface area contributed by atoms with Crippen molar-refractivity contribution in [2.24, 2.45) is 16.3 Å². The van der Waals surface area contributed by atoms with Crippen LogP contribution in [-0.4, -0.2) is 58.7 Å². The lowest BCUT2D eigenvalue weighted by Crippen LogP contribution is -2.71. The standard InChI is InChI=1S/C26H31N7O3S2/c1-4-21-29-13-19(38-21)17-11-16(12-18-22(17)37-15-30-18)33-10-6-8-31-26(33,32-24(36)28-5-2)20-14-27-9-7-25(20,3)23(34)35/h6,8,10-13,15,20,27H,4-5,7,9,14H2,1-3H3,(H,34,35)(H2,28,32,36). The van der Waals surface area contributed by atoms with Crippen molar-refractivity contribution in [1.82, 2.24) is 25.9 Å². The number of benzene rings is 1. The highest BCUT2D eigenvalue weighted by atomic mass is 32.1. The molecule has 2 aliphatic heterocycles. The van der Waals surface area contributed by atoms with Gasteiger partial charge >= 0.3 is 12.0 Å². The van der Waals surface area contributed by atoms with Gasteiger partial charge in [-0.25, -0.2) is 19.8 Å². The third-order valence-corrected chi connectivity index (χ3v) is 9.37. The van der Waals surface area contributed by atoms with Crippen molar-refractivity contribution < 1.29 is 14.7 Å². The average molecular weight is 554 g/mol. The Kier molecular flexibility index (Phi) is 7.21. The van der Waals surface area contributed by atoms with E-state index in [1.54, 1.807) is 41.9 Å². The number of aryl methyl sites for hydroxylation is 1. The Morgan fingerprint density at radius 1 is 1.29 bits per heavy atom. The first-order valence-corrected chi connectivity index (χ1v) is 14.4. The Labute approximate surface area is 228 Å². The zero-order valence-corrected chi connectivity index (χ0v) is 23.2. The van der Waals surface area contributed by atoms with Crippen molar-refractivity contribution in [3.05, 3.63) is 41.1 Å². The highest BCUT2D eigenvalue weighted by molar-refractivity contribution is 7.19. The molecule has 0 saturated carbocycles. The van der Waals surface area contributed by atoms with E-state index in [9.17, 15) is 14.7 Å². The molecule has 0 aliphatic carbocycles. The van der Waals surface area contributed by atoms with Crippen molar-refractivity contribution in [2.75, 3.05) is 24.5 Å². The van der Waals surface area contributed by atoms with Gasteiger partial charge in [-0.3, -0.25) is 10.1 Å². The monoisotopic (exact) mass is 553 g/mol. The highest BCUT2D eigenvalue weighted by Crippen LogP contribution is 2.46. The van der Waals surface area contributed by atoms with E-state index in [4.69, 9.17) is 4.99 Å².